The number of carbonyl (C=O) groups is 1. The molecule has 1 unspecified atom stereocenters. The summed E-state index contributed by atoms with van der Waals surface area (Å²) in [6.07, 6.45) is 0.600. The fourth-order valence-corrected chi connectivity index (χ4v) is 1.55. The van der Waals surface area contributed by atoms with Gasteiger partial charge in [0, 0.05) is 6.42 Å². The highest BCUT2D eigenvalue weighted by Crippen LogP contribution is 2.20. The van der Waals surface area contributed by atoms with E-state index >= 15 is 0 Å². The fraction of sp³-hybridized carbons (Fsp3) is 0.500. The van der Waals surface area contributed by atoms with E-state index in [9.17, 15) is 4.79 Å². The Labute approximate surface area is 102 Å². The normalized spacial score (nSPS) is 12.5. The number of hydrogen-bond acceptors (Lipinski definition) is 2. The molecular weight excluding hydrogens is 216 g/mol. The van der Waals surface area contributed by atoms with Crippen molar-refractivity contribution in [1.82, 2.24) is 0 Å². The van der Waals surface area contributed by atoms with Crippen molar-refractivity contribution in [2.24, 2.45) is 0 Å². The Balaban J connectivity index is 2.48. The molecule has 1 atom stereocenters. The van der Waals surface area contributed by atoms with Crippen LogP contribution in [-0.2, 0) is 4.79 Å². The van der Waals surface area contributed by atoms with Crippen LogP contribution in [0.15, 0.2) is 24.3 Å². The van der Waals surface area contributed by atoms with Crippen LogP contribution in [0.3, 0.4) is 0 Å². The van der Waals surface area contributed by atoms with Gasteiger partial charge < -0.3 is 9.84 Å². The molecule has 0 saturated carbocycles. The molecule has 1 aromatic carbocycles. The minimum absolute atomic E-state index is 0.0731. The summed E-state index contributed by atoms with van der Waals surface area (Å²) in [5.74, 6) is 0.524. The Morgan fingerprint density at radius 3 is 2.29 bits per heavy atom. The summed E-state index contributed by atoms with van der Waals surface area (Å²) >= 11 is 0. The second-order valence-electron chi connectivity index (χ2n) is 4.58. The Kier molecular flexibility index (Phi) is 5.01. The van der Waals surface area contributed by atoms with Crippen LogP contribution in [0, 0.1) is 0 Å². The summed E-state index contributed by atoms with van der Waals surface area (Å²) in [7, 11) is 0. The third-order valence-corrected chi connectivity index (χ3v) is 2.65. The van der Waals surface area contributed by atoms with Crippen LogP contribution in [0.5, 0.6) is 5.75 Å². The minimum Gasteiger partial charge on any atom is -0.491 e. The molecule has 17 heavy (non-hydrogen) atoms. The summed E-state index contributed by atoms with van der Waals surface area (Å²) in [5.41, 5.74) is 1.27. The van der Waals surface area contributed by atoms with Gasteiger partial charge in [-0.2, -0.15) is 0 Å². The summed E-state index contributed by atoms with van der Waals surface area (Å²) < 4.78 is 5.64. The van der Waals surface area contributed by atoms with E-state index in [4.69, 9.17) is 9.84 Å². The third-order valence-electron chi connectivity index (χ3n) is 2.65. The average molecular weight is 236 g/mol. The molecule has 0 aliphatic heterocycles. The maximum atomic E-state index is 10.4. The molecule has 0 amide bonds. The van der Waals surface area contributed by atoms with Gasteiger partial charge in [-0.05, 0) is 37.0 Å². The van der Waals surface area contributed by atoms with Crippen LogP contribution in [0.1, 0.15) is 45.1 Å². The molecule has 1 rings (SSSR count). The van der Waals surface area contributed by atoms with E-state index < -0.39 is 5.97 Å². The lowest BCUT2D eigenvalue weighted by Crippen LogP contribution is -2.13. The highest BCUT2D eigenvalue weighted by molar-refractivity contribution is 5.66. The quantitative estimate of drug-likeness (QED) is 0.823. The number of carboxylic acids is 1. The van der Waals surface area contributed by atoms with Crippen molar-refractivity contribution in [1.29, 1.82) is 0 Å². The predicted octanol–water partition coefficient (Wildman–Crippen LogP) is 3.44. The predicted molar refractivity (Wildman–Crippen MR) is 67.5 cm³/mol. The van der Waals surface area contributed by atoms with Gasteiger partial charge in [0.1, 0.15) is 5.75 Å². The van der Waals surface area contributed by atoms with Crippen LogP contribution < -0.4 is 4.74 Å². The molecule has 1 N–H and O–H groups in total. The lowest BCUT2D eigenvalue weighted by Gasteiger charge is -2.14. The van der Waals surface area contributed by atoms with Crippen LogP contribution in [0.4, 0.5) is 0 Å². The van der Waals surface area contributed by atoms with Crippen molar-refractivity contribution in [2.45, 2.75) is 45.6 Å². The van der Waals surface area contributed by atoms with Gasteiger partial charge in [0.15, 0.2) is 0 Å². The van der Waals surface area contributed by atoms with E-state index in [0.29, 0.717) is 12.3 Å². The fourth-order valence-electron chi connectivity index (χ4n) is 1.55. The number of hydrogen-bond donors (Lipinski definition) is 1. The van der Waals surface area contributed by atoms with Crippen LogP contribution in [0.2, 0.25) is 0 Å². The summed E-state index contributed by atoms with van der Waals surface area (Å²) in [6.45, 7) is 6.18. The van der Waals surface area contributed by atoms with Crippen molar-refractivity contribution in [3.8, 4) is 5.75 Å². The summed E-state index contributed by atoms with van der Waals surface area (Å²) in [4.78, 5) is 10.4. The molecule has 3 nitrogen and oxygen atoms in total. The maximum Gasteiger partial charge on any atom is 0.303 e. The number of aliphatic carboxylic acids is 1. The van der Waals surface area contributed by atoms with Gasteiger partial charge in [-0.1, -0.05) is 26.0 Å². The van der Waals surface area contributed by atoms with Crippen LogP contribution in [-0.4, -0.2) is 17.2 Å². The van der Waals surface area contributed by atoms with Crippen molar-refractivity contribution in [3.05, 3.63) is 29.8 Å². The SMILES string of the molecule is CC(CCC(=O)O)Oc1ccc(C(C)C)cc1. The van der Waals surface area contributed by atoms with Gasteiger partial charge in [-0.15, -0.1) is 0 Å². The first kappa shape index (κ1) is 13.6. The second kappa shape index (κ2) is 6.28. The molecule has 0 fully saturated rings. The maximum absolute atomic E-state index is 10.4. The van der Waals surface area contributed by atoms with Crippen molar-refractivity contribution >= 4 is 5.97 Å². The Morgan fingerprint density at radius 2 is 1.82 bits per heavy atom. The van der Waals surface area contributed by atoms with Crippen molar-refractivity contribution < 1.29 is 14.6 Å². The van der Waals surface area contributed by atoms with Crippen molar-refractivity contribution in [2.75, 3.05) is 0 Å². The zero-order chi connectivity index (χ0) is 12.8. The molecule has 0 aromatic heterocycles. The largest absolute Gasteiger partial charge is 0.491 e. The minimum atomic E-state index is -0.782. The van der Waals surface area contributed by atoms with Gasteiger partial charge >= 0.3 is 5.97 Å². The highest BCUT2D eigenvalue weighted by atomic mass is 16.5. The van der Waals surface area contributed by atoms with E-state index in [1.54, 1.807) is 0 Å². The molecular formula is C14H20O3. The molecule has 0 bridgehead atoms. The zero-order valence-corrected chi connectivity index (χ0v) is 10.6. The van der Waals surface area contributed by atoms with E-state index in [1.165, 1.54) is 5.56 Å². The van der Waals surface area contributed by atoms with E-state index in [0.717, 1.165) is 5.75 Å². The molecule has 0 saturated heterocycles. The van der Waals surface area contributed by atoms with E-state index in [-0.39, 0.29) is 12.5 Å². The lowest BCUT2D eigenvalue weighted by molar-refractivity contribution is -0.137. The molecule has 0 aliphatic rings. The number of rotatable bonds is 6. The molecule has 1 aromatic rings. The number of ether oxygens (including phenoxy) is 1. The molecule has 0 heterocycles. The second-order valence-corrected chi connectivity index (χ2v) is 4.58. The first-order valence-corrected chi connectivity index (χ1v) is 5.97. The summed E-state index contributed by atoms with van der Waals surface area (Å²) in [5, 5.41) is 8.57. The van der Waals surface area contributed by atoms with Gasteiger partial charge in [0.2, 0.25) is 0 Å². The number of carboxylic acid groups (broad SMARTS) is 1. The van der Waals surface area contributed by atoms with Gasteiger partial charge in [0.05, 0.1) is 6.10 Å². The first-order valence-electron chi connectivity index (χ1n) is 5.97. The molecule has 94 valence electrons. The lowest BCUT2D eigenvalue weighted by atomic mass is 10.0. The smallest absolute Gasteiger partial charge is 0.303 e. The van der Waals surface area contributed by atoms with Crippen molar-refractivity contribution in [3.63, 3.8) is 0 Å². The van der Waals surface area contributed by atoms with E-state index in [2.05, 4.69) is 13.8 Å². The van der Waals surface area contributed by atoms with Crippen LogP contribution >= 0.6 is 0 Å². The standard InChI is InChI=1S/C14H20O3/c1-10(2)12-5-7-13(8-6-12)17-11(3)4-9-14(15)16/h5-8,10-11H,4,9H2,1-3H3,(H,15,16). The first-order chi connectivity index (χ1) is 7.99. The Morgan fingerprint density at radius 1 is 1.24 bits per heavy atom. The third kappa shape index (κ3) is 4.89. The molecule has 0 aliphatic carbocycles. The highest BCUT2D eigenvalue weighted by Gasteiger charge is 2.07. The Bertz CT molecular complexity index is 354. The molecule has 0 spiro atoms. The topological polar surface area (TPSA) is 46.5 Å². The molecule has 0 radical (unpaired) electrons. The average Bonchev–Trinajstić information content (AvgIpc) is 2.27. The summed E-state index contributed by atoms with van der Waals surface area (Å²) in [6, 6.07) is 7.97. The zero-order valence-electron chi connectivity index (χ0n) is 10.6. The van der Waals surface area contributed by atoms with Gasteiger partial charge in [-0.25, -0.2) is 0 Å². The van der Waals surface area contributed by atoms with E-state index in [1.807, 2.05) is 31.2 Å². The Hall–Kier alpha value is -1.51. The van der Waals surface area contributed by atoms with Gasteiger partial charge in [0.25, 0.3) is 0 Å². The monoisotopic (exact) mass is 236 g/mol. The van der Waals surface area contributed by atoms with Gasteiger partial charge in [-0.3, -0.25) is 4.79 Å². The number of benzene rings is 1. The molecule has 3 heteroatoms. The van der Waals surface area contributed by atoms with Crippen LogP contribution in [0.25, 0.3) is 0 Å².